The van der Waals surface area contributed by atoms with E-state index in [1.165, 1.54) is 44.9 Å². The van der Waals surface area contributed by atoms with Crippen LogP contribution in [0.15, 0.2) is 0 Å². The van der Waals surface area contributed by atoms with E-state index in [2.05, 4.69) is 13.8 Å². The van der Waals surface area contributed by atoms with Gasteiger partial charge in [0.1, 0.15) is 11.2 Å². The first kappa shape index (κ1) is 27.1. The summed E-state index contributed by atoms with van der Waals surface area (Å²) in [6.07, 6.45) is 16.0. The molecule has 38 heavy (non-hydrogen) atoms. The Morgan fingerprint density at radius 2 is 1.34 bits per heavy atom. The normalized spacial score (nSPS) is 44.2. The molecule has 8 aliphatic carbocycles. The van der Waals surface area contributed by atoms with E-state index in [0.717, 1.165) is 56.3 Å². The summed E-state index contributed by atoms with van der Waals surface area (Å²) in [5, 5.41) is 11.1. The predicted molar refractivity (Wildman–Crippen MR) is 146 cm³/mol. The molecule has 0 aliphatic heterocycles. The van der Waals surface area contributed by atoms with Gasteiger partial charge in [-0.2, -0.15) is 0 Å². The average molecular weight is 529 g/mol. The van der Waals surface area contributed by atoms with Gasteiger partial charge < -0.3 is 14.6 Å². The molecule has 0 aromatic carbocycles. The molecule has 8 aliphatic rings. The zero-order valence-corrected chi connectivity index (χ0v) is 24.4. The van der Waals surface area contributed by atoms with Crippen LogP contribution in [0.2, 0.25) is 0 Å². The van der Waals surface area contributed by atoms with Crippen LogP contribution in [0.4, 0.5) is 0 Å². The summed E-state index contributed by atoms with van der Waals surface area (Å²) in [7, 11) is 0. The summed E-state index contributed by atoms with van der Waals surface area (Å²) in [6.45, 7) is 8.40. The van der Waals surface area contributed by atoms with Crippen LogP contribution in [0.3, 0.4) is 0 Å². The number of ether oxygens (including phenoxy) is 2. The summed E-state index contributed by atoms with van der Waals surface area (Å²) in [6, 6.07) is 0. The Balaban J connectivity index is 1.12. The maximum absolute atomic E-state index is 13.8. The third kappa shape index (κ3) is 4.45. The van der Waals surface area contributed by atoms with Crippen LogP contribution in [-0.4, -0.2) is 33.8 Å². The number of aliphatic hydroxyl groups is 1. The minimum atomic E-state index is -0.649. The monoisotopic (exact) mass is 528 g/mol. The Kier molecular flexibility index (Phi) is 6.76. The molecule has 8 saturated carbocycles. The van der Waals surface area contributed by atoms with Crippen molar-refractivity contribution in [1.29, 1.82) is 0 Å². The SMILES string of the molecule is CCC(CC(C)C(=O)OC12CC3CC(CC(O)(C3)C1)C2)C(=O)OC(CC)(CC)C12CC3CC(CC(C3)C1)C2. The predicted octanol–water partition coefficient (Wildman–Crippen LogP) is 6.98. The Bertz CT molecular complexity index is 884. The van der Waals surface area contributed by atoms with E-state index >= 15 is 0 Å². The third-order valence-electron chi connectivity index (χ3n) is 12.6. The van der Waals surface area contributed by atoms with Crippen molar-refractivity contribution in [2.75, 3.05) is 0 Å². The molecule has 0 aromatic rings. The Morgan fingerprint density at radius 3 is 1.82 bits per heavy atom. The summed E-state index contributed by atoms with van der Waals surface area (Å²) < 4.78 is 12.9. The largest absolute Gasteiger partial charge is 0.459 e. The van der Waals surface area contributed by atoms with Crippen LogP contribution >= 0.6 is 0 Å². The number of carbonyl (C=O) groups excluding carboxylic acids is 2. The molecule has 0 spiro atoms. The van der Waals surface area contributed by atoms with Crippen molar-refractivity contribution in [3.05, 3.63) is 0 Å². The molecule has 0 heterocycles. The highest BCUT2D eigenvalue weighted by Gasteiger charge is 2.62. The number of hydrogen-bond acceptors (Lipinski definition) is 5. The number of rotatable bonds is 10. The van der Waals surface area contributed by atoms with E-state index in [4.69, 9.17) is 9.47 Å². The quantitative estimate of drug-likeness (QED) is 0.310. The molecule has 0 saturated heterocycles. The first-order valence-corrected chi connectivity index (χ1v) is 16.2. The lowest BCUT2D eigenvalue weighted by Gasteiger charge is -2.63. The lowest BCUT2D eigenvalue weighted by molar-refractivity contribution is -0.223. The minimum Gasteiger partial charge on any atom is -0.459 e. The van der Waals surface area contributed by atoms with Crippen LogP contribution in [-0.2, 0) is 19.1 Å². The highest BCUT2D eigenvalue weighted by molar-refractivity contribution is 5.76. The standard InChI is InChI=1S/C33H52O5/c1-5-27(8-21(4)28(34)37-32-18-25-12-26(19-32)17-31(36,16-25)20-32)29(35)38-33(6-2,7-3)30-13-22-9-23(14-30)11-24(10-22)15-30/h21-27,36H,5-20H2,1-4H3. The van der Waals surface area contributed by atoms with Crippen molar-refractivity contribution in [2.45, 2.75) is 147 Å². The van der Waals surface area contributed by atoms with E-state index < -0.39 is 11.2 Å². The van der Waals surface area contributed by atoms with Crippen LogP contribution in [0.5, 0.6) is 0 Å². The van der Waals surface area contributed by atoms with Crippen LogP contribution in [0.1, 0.15) is 130 Å². The van der Waals surface area contributed by atoms with Gasteiger partial charge in [0.15, 0.2) is 0 Å². The highest BCUT2D eigenvalue weighted by Crippen LogP contribution is 2.66. The van der Waals surface area contributed by atoms with Crippen molar-refractivity contribution < 1.29 is 24.2 Å². The smallest absolute Gasteiger partial charge is 0.309 e. The zero-order valence-electron chi connectivity index (χ0n) is 24.4. The van der Waals surface area contributed by atoms with Gasteiger partial charge in [0, 0.05) is 11.8 Å². The van der Waals surface area contributed by atoms with Gasteiger partial charge in [0.2, 0.25) is 0 Å². The van der Waals surface area contributed by atoms with Gasteiger partial charge in [0.05, 0.1) is 17.4 Å². The van der Waals surface area contributed by atoms with E-state index in [9.17, 15) is 14.7 Å². The van der Waals surface area contributed by atoms with Gasteiger partial charge in [-0.25, -0.2) is 0 Å². The maximum Gasteiger partial charge on any atom is 0.309 e. The third-order valence-corrected chi connectivity index (χ3v) is 12.6. The molecule has 0 aromatic heterocycles. The molecule has 1 N–H and O–H groups in total. The molecule has 8 bridgehead atoms. The molecule has 5 heteroatoms. The molecule has 0 amide bonds. The van der Waals surface area contributed by atoms with Crippen molar-refractivity contribution in [3.8, 4) is 0 Å². The summed E-state index contributed by atoms with van der Waals surface area (Å²) >= 11 is 0. The second-order valence-corrected chi connectivity index (χ2v) is 15.4. The molecule has 8 fully saturated rings. The molecular formula is C33H52O5. The summed E-state index contributed by atoms with van der Waals surface area (Å²) in [4.78, 5) is 27.2. The molecule has 8 rings (SSSR count). The number of carbonyl (C=O) groups is 2. The van der Waals surface area contributed by atoms with Crippen LogP contribution in [0, 0.1) is 46.8 Å². The van der Waals surface area contributed by atoms with Gasteiger partial charge in [-0.15, -0.1) is 0 Å². The number of esters is 2. The molecular weight excluding hydrogens is 476 g/mol. The van der Waals surface area contributed by atoms with Crippen molar-refractivity contribution in [3.63, 3.8) is 0 Å². The van der Waals surface area contributed by atoms with Gasteiger partial charge in [-0.05, 0) is 126 Å². The number of hydrogen-bond donors (Lipinski definition) is 1. The van der Waals surface area contributed by atoms with Crippen molar-refractivity contribution in [1.82, 2.24) is 0 Å². The van der Waals surface area contributed by atoms with Crippen molar-refractivity contribution in [2.24, 2.45) is 46.8 Å². The van der Waals surface area contributed by atoms with Crippen LogP contribution < -0.4 is 0 Å². The lowest BCUT2D eigenvalue weighted by Crippen LogP contribution is -2.60. The van der Waals surface area contributed by atoms with Gasteiger partial charge in [0.25, 0.3) is 0 Å². The second kappa shape index (κ2) is 9.48. The summed E-state index contributed by atoms with van der Waals surface area (Å²) in [5.74, 6) is 2.46. The molecule has 0 radical (unpaired) electrons. The zero-order chi connectivity index (χ0) is 26.9. The topological polar surface area (TPSA) is 72.8 Å². The van der Waals surface area contributed by atoms with E-state index in [-0.39, 0.29) is 34.8 Å². The van der Waals surface area contributed by atoms with Gasteiger partial charge >= 0.3 is 11.9 Å². The van der Waals surface area contributed by atoms with E-state index in [1.807, 2.05) is 13.8 Å². The molecule has 4 unspecified atom stereocenters. The first-order chi connectivity index (χ1) is 18.0. The Hall–Kier alpha value is -1.10. The molecule has 5 nitrogen and oxygen atoms in total. The average Bonchev–Trinajstić information content (AvgIpc) is 2.82. The lowest BCUT2D eigenvalue weighted by atomic mass is 9.44. The summed E-state index contributed by atoms with van der Waals surface area (Å²) in [5.41, 5.74) is -1.39. The van der Waals surface area contributed by atoms with E-state index in [0.29, 0.717) is 31.1 Å². The minimum absolute atomic E-state index is 0.101. The highest BCUT2D eigenvalue weighted by atomic mass is 16.6. The fraction of sp³-hybridized carbons (Fsp3) is 0.939. The fourth-order valence-corrected chi connectivity index (χ4v) is 11.7. The van der Waals surface area contributed by atoms with Gasteiger partial charge in [-0.3, -0.25) is 9.59 Å². The molecule has 4 atom stereocenters. The van der Waals surface area contributed by atoms with Gasteiger partial charge in [-0.1, -0.05) is 27.7 Å². The fourth-order valence-electron chi connectivity index (χ4n) is 11.7. The Morgan fingerprint density at radius 1 is 0.816 bits per heavy atom. The molecule has 214 valence electrons. The van der Waals surface area contributed by atoms with Crippen molar-refractivity contribution >= 4 is 11.9 Å². The van der Waals surface area contributed by atoms with E-state index in [1.54, 1.807) is 0 Å². The maximum atomic E-state index is 13.8. The second-order valence-electron chi connectivity index (χ2n) is 15.4. The Labute approximate surface area is 230 Å². The first-order valence-electron chi connectivity index (χ1n) is 16.2. The van der Waals surface area contributed by atoms with Crippen LogP contribution in [0.25, 0.3) is 0 Å².